The molecule has 40 heavy (non-hydrogen) atoms. The zero-order valence-corrected chi connectivity index (χ0v) is 22.5. The van der Waals surface area contributed by atoms with Crippen LogP contribution in [-0.4, -0.2) is 42.3 Å². The van der Waals surface area contributed by atoms with Gasteiger partial charge in [0.15, 0.2) is 0 Å². The van der Waals surface area contributed by atoms with Gasteiger partial charge >= 0.3 is 12.1 Å². The largest absolute Gasteiger partial charge is 0.478 e. The first kappa shape index (κ1) is 28.1. The number of aromatic carboxylic acids is 1. The molecule has 1 aliphatic heterocycles. The number of benzene rings is 3. The molecule has 1 N–H and O–H groups in total. The van der Waals surface area contributed by atoms with Crippen molar-refractivity contribution in [2.24, 2.45) is 5.92 Å². The highest BCUT2D eigenvalue weighted by atomic mass is 19.4. The molecule has 0 unspecified atom stereocenters. The van der Waals surface area contributed by atoms with Crippen molar-refractivity contribution in [1.29, 1.82) is 0 Å². The van der Waals surface area contributed by atoms with Gasteiger partial charge in [-0.15, -0.1) is 0 Å². The second kappa shape index (κ2) is 11.6. The topological polar surface area (TPSA) is 40.5 Å². The third-order valence-electron chi connectivity index (χ3n) is 8.10. The highest BCUT2D eigenvalue weighted by molar-refractivity contribution is 6.00. The molecule has 0 amide bonds. The first-order valence-electron chi connectivity index (χ1n) is 13.8. The number of halogens is 4. The molecule has 0 bridgehead atoms. The lowest BCUT2D eigenvalue weighted by molar-refractivity contribution is -0.138. The van der Waals surface area contributed by atoms with Crippen molar-refractivity contribution in [3.05, 3.63) is 105 Å². The summed E-state index contributed by atoms with van der Waals surface area (Å²) in [5, 5.41) is 9.55. The molecule has 1 aliphatic carbocycles. The Hall–Kier alpha value is -3.45. The van der Waals surface area contributed by atoms with Gasteiger partial charge in [0.05, 0.1) is 17.8 Å². The lowest BCUT2D eigenvalue weighted by Crippen LogP contribution is -2.47. The molecule has 210 valence electrons. The van der Waals surface area contributed by atoms with E-state index in [-0.39, 0.29) is 17.8 Å². The molecule has 3 aromatic rings. The van der Waals surface area contributed by atoms with Gasteiger partial charge in [-0.05, 0) is 108 Å². The van der Waals surface area contributed by atoms with Gasteiger partial charge in [0.1, 0.15) is 0 Å². The predicted molar refractivity (Wildman–Crippen MR) is 149 cm³/mol. The van der Waals surface area contributed by atoms with Crippen molar-refractivity contribution in [3.63, 3.8) is 0 Å². The van der Waals surface area contributed by atoms with Crippen molar-refractivity contribution >= 4 is 17.1 Å². The third kappa shape index (κ3) is 5.99. The lowest BCUT2D eigenvalue weighted by Gasteiger charge is -2.39. The summed E-state index contributed by atoms with van der Waals surface area (Å²) in [6.45, 7) is 3.90. The number of carboxylic acids is 1. The van der Waals surface area contributed by atoms with Gasteiger partial charge in [-0.25, -0.2) is 4.79 Å². The number of hydrogen-bond acceptors (Lipinski definition) is 2. The normalized spacial score (nSPS) is 16.4. The van der Waals surface area contributed by atoms with Crippen LogP contribution in [-0.2, 0) is 19.0 Å². The number of alkyl halides is 4. The van der Waals surface area contributed by atoms with Gasteiger partial charge in [-0.3, -0.25) is 4.39 Å². The van der Waals surface area contributed by atoms with Crippen molar-refractivity contribution in [2.45, 2.75) is 45.2 Å². The Bertz CT molecular complexity index is 1420. The first-order chi connectivity index (χ1) is 19.1. The summed E-state index contributed by atoms with van der Waals surface area (Å²) in [7, 11) is 0. The van der Waals surface area contributed by atoms with E-state index in [1.165, 1.54) is 24.6 Å². The minimum absolute atomic E-state index is 0.183. The zero-order valence-electron chi connectivity index (χ0n) is 22.5. The zero-order chi connectivity index (χ0) is 28.4. The molecule has 0 saturated carbocycles. The molecule has 2 aliphatic rings. The van der Waals surface area contributed by atoms with Crippen LogP contribution in [0.3, 0.4) is 0 Å². The SMILES string of the molecule is Cc1ccc(C2=C(c3ccc(CC4CN(CCCF)C4)cc3)c3ccc(C(=O)O)cc3CCC2)cc1C(F)(F)F. The fourth-order valence-corrected chi connectivity index (χ4v) is 6.07. The van der Waals surface area contributed by atoms with E-state index >= 15 is 0 Å². The summed E-state index contributed by atoms with van der Waals surface area (Å²) < 4.78 is 53.9. The summed E-state index contributed by atoms with van der Waals surface area (Å²) in [6, 6.07) is 17.8. The van der Waals surface area contributed by atoms with Crippen LogP contribution in [0.5, 0.6) is 0 Å². The Labute approximate surface area is 232 Å². The Morgan fingerprint density at radius 3 is 2.38 bits per heavy atom. The second-order valence-corrected chi connectivity index (χ2v) is 11.0. The van der Waals surface area contributed by atoms with Crippen LogP contribution in [0.1, 0.15) is 68.6 Å². The van der Waals surface area contributed by atoms with Crippen molar-refractivity contribution < 1.29 is 27.5 Å². The molecular weight excluding hydrogens is 518 g/mol. The number of carboxylic acid groups (broad SMARTS) is 1. The van der Waals surface area contributed by atoms with E-state index in [0.717, 1.165) is 53.9 Å². The third-order valence-corrected chi connectivity index (χ3v) is 8.10. The maximum absolute atomic E-state index is 13.8. The number of nitrogens with zero attached hydrogens (tertiary/aromatic N) is 1. The Morgan fingerprint density at radius 1 is 0.975 bits per heavy atom. The molecule has 1 saturated heterocycles. The van der Waals surface area contributed by atoms with Crippen molar-refractivity contribution in [3.8, 4) is 0 Å². The second-order valence-electron chi connectivity index (χ2n) is 11.0. The number of hydrogen-bond donors (Lipinski definition) is 1. The molecule has 1 heterocycles. The van der Waals surface area contributed by atoms with Crippen molar-refractivity contribution in [1.82, 2.24) is 4.90 Å². The van der Waals surface area contributed by atoms with Gasteiger partial charge in [0.25, 0.3) is 0 Å². The molecule has 0 spiro atoms. The van der Waals surface area contributed by atoms with Gasteiger partial charge in [-0.1, -0.05) is 42.5 Å². The number of fused-ring (bicyclic) bond motifs is 1. The Kier molecular flexibility index (Phi) is 8.13. The summed E-state index contributed by atoms with van der Waals surface area (Å²) in [5.41, 5.74) is 5.81. The van der Waals surface area contributed by atoms with Gasteiger partial charge < -0.3 is 10.0 Å². The van der Waals surface area contributed by atoms with E-state index in [1.807, 2.05) is 12.1 Å². The van der Waals surface area contributed by atoms with Gasteiger partial charge in [0.2, 0.25) is 0 Å². The average molecular weight is 552 g/mol. The quantitative estimate of drug-likeness (QED) is 0.290. The van der Waals surface area contributed by atoms with Crippen LogP contribution in [0.25, 0.3) is 11.1 Å². The molecule has 3 aromatic carbocycles. The molecular formula is C33H33F4NO2. The standard InChI is InChI=1S/C33H33F4NO2/c1-21-6-9-26(18-30(21)33(35,36)37)28-5-2-4-25-17-27(32(39)40)12-13-29(25)31(28)24-10-7-22(8-11-24)16-23-19-38(20-23)15-3-14-34/h6-13,17-18,23H,2-5,14-16,19-20H2,1H3,(H,39,40). The lowest BCUT2D eigenvalue weighted by atomic mass is 9.85. The van der Waals surface area contributed by atoms with E-state index in [1.54, 1.807) is 24.3 Å². The molecule has 0 radical (unpaired) electrons. The fourth-order valence-electron chi connectivity index (χ4n) is 6.07. The van der Waals surface area contributed by atoms with Crippen LogP contribution in [0.2, 0.25) is 0 Å². The van der Waals surface area contributed by atoms with E-state index in [0.29, 0.717) is 37.2 Å². The summed E-state index contributed by atoms with van der Waals surface area (Å²) in [4.78, 5) is 13.9. The van der Waals surface area contributed by atoms with E-state index in [4.69, 9.17) is 0 Å². The summed E-state index contributed by atoms with van der Waals surface area (Å²) in [6.07, 6.45) is -1.05. The van der Waals surface area contributed by atoms with Crippen molar-refractivity contribution in [2.75, 3.05) is 26.3 Å². The van der Waals surface area contributed by atoms with E-state index < -0.39 is 17.7 Å². The molecule has 7 heteroatoms. The Morgan fingerprint density at radius 2 is 1.70 bits per heavy atom. The number of allylic oxidation sites excluding steroid dienone is 1. The molecule has 3 nitrogen and oxygen atoms in total. The van der Waals surface area contributed by atoms with Crippen LogP contribution >= 0.6 is 0 Å². The number of rotatable bonds is 8. The van der Waals surface area contributed by atoms with Crippen LogP contribution in [0.15, 0.2) is 60.7 Å². The number of carbonyl (C=O) groups is 1. The average Bonchev–Trinajstić information content (AvgIpc) is 3.09. The predicted octanol–water partition coefficient (Wildman–Crippen LogP) is 7.84. The Balaban J connectivity index is 1.54. The molecule has 1 fully saturated rings. The maximum Gasteiger partial charge on any atom is 0.416 e. The number of aryl methyl sites for hydroxylation is 2. The molecule has 0 atom stereocenters. The minimum Gasteiger partial charge on any atom is -0.478 e. The van der Waals surface area contributed by atoms with Crippen LogP contribution < -0.4 is 0 Å². The number of likely N-dealkylation sites (tertiary alicyclic amines) is 1. The van der Waals surface area contributed by atoms with E-state index in [2.05, 4.69) is 17.0 Å². The maximum atomic E-state index is 13.8. The molecule has 0 aromatic heterocycles. The fraction of sp³-hybridized carbons (Fsp3) is 0.364. The molecule has 5 rings (SSSR count). The van der Waals surface area contributed by atoms with Crippen LogP contribution in [0, 0.1) is 12.8 Å². The highest BCUT2D eigenvalue weighted by Crippen LogP contribution is 2.42. The van der Waals surface area contributed by atoms with E-state index in [9.17, 15) is 27.5 Å². The summed E-state index contributed by atoms with van der Waals surface area (Å²) in [5.74, 6) is -0.476. The monoisotopic (exact) mass is 551 g/mol. The smallest absolute Gasteiger partial charge is 0.416 e. The summed E-state index contributed by atoms with van der Waals surface area (Å²) >= 11 is 0. The first-order valence-corrected chi connectivity index (χ1v) is 13.8. The van der Waals surface area contributed by atoms with Crippen LogP contribution in [0.4, 0.5) is 17.6 Å². The minimum atomic E-state index is -4.45. The highest BCUT2D eigenvalue weighted by Gasteiger charge is 2.33. The van der Waals surface area contributed by atoms with Gasteiger partial charge in [0, 0.05) is 19.6 Å². The van der Waals surface area contributed by atoms with Gasteiger partial charge in [-0.2, -0.15) is 13.2 Å².